The van der Waals surface area contributed by atoms with Crippen molar-refractivity contribution in [2.24, 2.45) is 0 Å². The predicted molar refractivity (Wildman–Crippen MR) is 56.4 cm³/mol. The van der Waals surface area contributed by atoms with Crippen LogP contribution in [0.15, 0.2) is 37.0 Å². The molecule has 0 radical (unpaired) electrons. The molecule has 2 heteroatoms. The monoisotopic (exact) mass is 179 g/mol. The lowest BCUT2D eigenvalue weighted by atomic mass is 10.0. The zero-order valence-corrected chi connectivity index (χ0v) is 8.34. The van der Waals surface area contributed by atoms with E-state index in [1.54, 1.807) is 12.2 Å². The fourth-order valence-corrected chi connectivity index (χ4v) is 1.13. The third-order valence-electron chi connectivity index (χ3n) is 1.73. The molecule has 0 heterocycles. The molecule has 1 unspecified atom stereocenters. The van der Waals surface area contributed by atoms with Gasteiger partial charge in [0.05, 0.1) is 6.04 Å². The van der Waals surface area contributed by atoms with E-state index in [1.807, 2.05) is 13.0 Å². The molecule has 72 valence electrons. The van der Waals surface area contributed by atoms with Crippen molar-refractivity contribution < 1.29 is 4.79 Å². The second-order valence-corrected chi connectivity index (χ2v) is 2.77. The molecule has 0 rings (SSSR count). The van der Waals surface area contributed by atoms with Crippen LogP contribution in [0.3, 0.4) is 0 Å². The van der Waals surface area contributed by atoms with Gasteiger partial charge in [-0.05, 0) is 12.0 Å². The van der Waals surface area contributed by atoms with Crippen molar-refractivity contribution in [3.63, 3.8) is 0 Å². The van der Waals surface area contributed by atoms with Crippen molar-refractivity contribution in [2.45, 2.75) is 26.3 Å². The molecule has 1 amide bonds. The lowest BCUT2D eigenvalue weighted by molar-refractivity contribution is -0.119. The van der Waals surface area contributed by atoms with Crippen molar-refractivity contribution in [3.8, 4) is 0 Å². The minimum atomic E-state index is -0.0244. The molecule has 0 spiro atoms. The average molecular weight is 179 g/mol. The Morgan fingerprint density at radius 1 is 1.54 bits per heavy atom. The summed E-state index contributed by atoms with van der Waals surface area (Å²) in [7, 11) is 0. The van der Waals surface area contributed by atoms with Gasteiger partial charge >= 0.3 is 0 Å². The van der Waals surface area contributed by atoms with E-state index in [4.69, 9.17) is 0 Å². The minimum Gasteiger partial charge on any atom is -0.350 e. The Morgan fingerprint density at radius 3 is 2.46 bits per heavy atom. The number of hydrogen-bond acceptors (Lipinski definition) is 1. The maximum absolute atomic E-state index is 10.8. The zero-order valence-electron chi connectivity index (χ0n) is 8.34. The van der Waals surface area contributed by atoms with Gasteiger partial charge in [0.25, 0.3) is 0 Å². The van der Waals surface area contributed by atoms with Gasteiger partial charge in [-0.2, -0.15) is 0 Å². The summed E-state index contributed by atoms with van der Waals surface area (Å²) in [5.41, 5.74) is 0.993. The average Bonchev–Trinajstić information content (AvgIpc) is 2.10. The highest BCUT2D eigenvalue weighted by Crippen LogP contribution is 2.07. The van der Waals surface area contributed by atoms with Crippen LogP contribution in [0, 0.1) is 0 Å². The van der Waals surface area contributed by atoms with Crippen LogP contribution in [0.5, 0.6) is 0 Å². The van der Waals surface area contributed by atoms with Gasteiger partial charge in [0, 0.05) is 6.92 Å². The number of carbonyl (C=O) groups is 1. The quantitative estimate of drug-likeness (QED) is 0.644. The van der Waals surface area contributed by atoms with E-state index in [0.717, 1.165) is 12.0 Å². The third kappa shape index (κ3) is 4.31. The van der Waals surface area contributed by atoms with Gasteiger partial charge in [-0.1, -0.05) is 38.3 Å². The van der Waals surface area contributed by atoms with E-state index in [2.05, 4.69) is 18.5 Å². The van der Waals surface area contributed by atoms with Crippen LogP contribution < -0.4 is 5.32 Å². The lowest BCUT2D eigenvalue weighted by Crippen LogP contribution is -2.33. The largest absolute Gasteiger partial charge is 0.350 e. The molecule has 0 bridgehead atoms. The van der Waals surface area contributed by atoms with Gasteiger partial charge < -0.3 is 5.32 Å². The van der Waals surface area contributed by atoms with Crippen LogP contribution in [-0.4, -0.2) is 11.9 Å². The highest BCUT2D eigenvalue weighted by Gasteiger charge is 2.09. The molecule has 2 nitrogen and oxygen atoms in total. The molecule has 0 aromatic carbocycles. The molecular weight excluding hydrogens is 162 g/mol. The normalized spacial score (nSPS) is 13.2. The smallest absolute Gasteiger partial charge is 0.217 e. The van der Waals surface area contributed by atoms with Crippen LogP contribution in [0.2, 0.25) is 0 Å². The Kier molecular flexibility index (Phi) is 5.60. The second kappa shape index (κ2) is 6.23. The number of hydrogen-bond donors (Lipinski definition) is 1. The first-order valence-electron chi connectivity index (χ1n) is 4.37. The van der Waals surface area contributed by atoms with Gasteiger partial charge in [-0.15, -0.1) is 0 Å². The molecule has 0 aromatic heterocycles. The van der Waals surface area contributed by atoms with Crippen molar-refractivity contribution >= 4 is 5.91 Å². The van der Waals surface area contributed by atoms with E-state index in [-0.39, 0.29) is 11.9 Å². The van der Waals surface area contributed by atoms with E-state index in [0.29, 0.717) is 0 Å². The first-order valence-corrected chi connectivity index (χ1v) is 4.37. The van der Waals surface area contributed by atoms with Crippen LogP contribution >= 0.6 is 0 Å². The van der Waals surface area contributed by atoms with Gasteiger partial charge in [0.2, 0.25) is 5.91 Å². The molecular formula is C11H17NO. The first kappa shape index (κ1) is 11.7. The predicted octanol–water partition coefficient (Wildman–Crippen LogP) is 2.20. The highest BCUT2D eigenvalue weighted by molar-refractivity contribution is 5.73. The summed E-state index contributed by atoms with van der Waals surface area (Å²) in [6.07, 6.45) is 6.15. The van der Waals surface area contributed by atoms with E-state index in [9.17, 15) is 4.79 Å². The summed E-state index contributed by atoms with van der Waals surface area (Å²) in [6, 6.07) is 0.0491. The standard InChI is InChI=1S/C11H17NO/c1-5-8-10(6-2)11(7-3)12-9(4)13/h5-6,8,11H,1-2,7H2,3-4H3,(H,12,13)/b10-8+. The zero-order chi connectivity index (χ0) is 10.3. The molecule has 0 aliphatic carbocycles. The lowest BCUT2D eigenvalue weighted by Gasteiger charge is -2.16. The van der Waals surface area contributed by atoms with Gasteiger partial charge in [0.1, 0.15) is 0 Å². The maximum atomic E-state index is 10.8. The number of amides is 1. The molecule has 0 aromatic rings. The molecule has 0 saturated heterocycles. The summed E-state index contributed by atoms with van der Waals surface area (Å²) in [5, 5.41) is 2.84. The maximum Gasteiger partial charge on any atom is 0.217 e. The molecule has 0 saturated carbocycles. The fraction of sp³-hybridized carbons (Fsp3) is 0.364. The van der Waals surface area contributed by atoms with E-state index >= 15 is 0 Å². The van der Waals surface area contributed by atoms with Crippen LogP contribution in [0.25, 0.3) is 0 Å². The van der Waals surface area contributed by atoms with Gasteiger partial charge in [-0.25, -0.2) is 0 Å². The van der Waals surface area contributed by atoms with E-state index < -0.39 is 0 Å². The SMILES string of the molecule is C=C/C=C(\C=C)C(CC)NC(C)=O. The van der Waals surface area contributed by atoms with Crippen LogP contribution in [0.4, 0.5) is 0 Å². The number of carbonyl (C=O) groups excluding carboxylic acids is 1. The highest BCUT2D eigenvalue weighted by atomic mass is 16.1. The second-order valence-electron chi connectivity index (χ2n) is 2.77. The Morgan fingerprint density at radius 2 is 2.15 bits per heavy atom. The molecule has 0 aliphatic rings. The Labute approximate surface area is 80.0 Å². The Hall–Kier alpha value is -1.31. The summed E-state index contributed by atoms with van der Waals surface area (Å²) < 4.78 is 0. The molecule has 0 aliphatic heterocycles. The topological polar surface area (TPSA) is 29.1 Å². The van der Waals surface area contributed by atoms with Gasteiger partial charge in [0.15, 0.2) is 0 Å². The van der Waals surface area contributed by atoms with Crippen LogP contribution in [-0.2, 0) is 4.79 Å². The summed E-state index contributed by atoms with van der Waals surface area (Å²) in [5.74, 6) is -0.0244. The van der Waals surface area contributed by atoms with Crippen molar-refractivity contribution in [2.75, 3.05) is 0 Å². The molecule has 0 fully saturated rings. The molecule has 1 N–H and O–H groups in total. The fourth-order valence-electron chi connectivity index (χ4n) is 1.13. The number of nitrogens with one attached hydrogen (secondary N) is 1. The number of allylic oxidation sites excluding steroid dienone is 2. The van der Waals surface area contributed by atoms with Crippen molar-refractivity contribution in [3.05, 3.63) is 37.0 Å². The minimum absolute atomic E-state index is 0.0244. The third-order valence-corrected chi connectivity index (χ3v) is 1.73. The van der Waals surface area contributed by atoms with Gasteiger partial charge in [-0.3, -0.25) is 4.79 Å². The summed E-state index contributed by atoms with van der Waals surface area (Å²) in [4.78, 5) is 10.8. The summed E-state index contributed by atoms with van der Waals surface area (Å²) in [6.45, 7) is 10.8. The molecule has 13 heavy (non-hydrogen) atoms. The summed E-state index contributed by atoms with van der Waals surface area (Å²) >= 11 is 0. The van der Waals surface area contributed by atoms with Crippen LogP contribution in [0.1, 0.15) is 20.3 Å². The van der Waals surface area contributed by atoms with E-state index in [1.165, 1.54) is 6.92 Å². The first-order chi connectivity index (χ1) is 6.15. The van der Waals surface area contributed by atoms with Crippen molar-refractivity contribution in [1.82, 2.24) is 5.32 Å². The Bertz CT molecular complexity index is 228. The Balaban J connectivity index is 4.51. The molecule has 1 atom stereocenters. The van der Waals surface area contributed by atoms with Crippen molar-refractivity contribution in [1.29, 1.82) is 0 Å². The number of rotatable bonds is 5.